The molecule has 1 amide bonds. The molecule has 0 aromatic heterocycles. The average Bonchev–Trinajstić information content (AvgIpc) is 2.80. The zero-order valence-electron chi connectivity index (χ0n) is 16.6. The molecule has 0 aliphatic carbocycles. The van der Waals surface area contributed by atoms with Crippen LogP contribution in [0.1, 0.15) is 15.9 Å². The molecule has 1 saturated heterocycles. The van der Waals surface area contributed by atoms with Gasteiger partial charge in [-0.05, 0) is 35.9 Å². The van der Waals surface area contributed by atoms with Gasteiger partial charge in [-0.3, -0.25) is 4.79 Å². The Kier molecular flexibility index (Phi) is 6.52. The zero-order chi connectivity index (χ0) is 20.8. The molecule has 3 aromatic rings. The molecule has 0 radical (unpaired) electrons. The summed E-state index contributed by atoms with van der Waals surface area (Å²) in [5, 5.41) is 6.86. The number of hydrogen-bond donors (Lipinski definition) is 2. The summed E-state index contributed by atoms with van der Waals surface area (Å²) in [7, 11) is 0. The molecule has 0 bridgehead atoms. The Morgan fingerprint density at radius 1 is 0.967 bits per heavy atom. The minimum atomic E-state index is -0.154. The lowest BCUT2D eigenvalue weighted by Crippen LogP contribution is -2.37. The van der Waals surface area contributed by atoms with E-state index in [1.54, 1.807) is 6.07 Å². The average molecular weight is 422 g/mol. The monoisotopic (exact) mass is 421 g/mol. The highest BCUT2D eigenvalue weighted by Crippen LogP contribution is 2.27. The second kappa shape index (κ2) is 9.65. The third kappa shape index (κ3) is 4.93. The highest BCUT2D eigenvalue weighted by Gasteiger charge is 2.18. The first-order valence-electron chi connectivity index (χ1n) is 10.0. The van der Waals surface area contributed by atoms with Crippen LogP contribution in [-0.4, -0.2) is 32.2 Å². The van der Waals surface area contributed by atoms with Gasteiger partial charge in [-0.15, -0.1) is 0 Å². The first kappa shape index (κ1) is 20.3. The van der Waals surface area contributed by atoms with Crippen molar-refractivity contribution in [3.8, 4) is 0 Å². The van der Waals surface area contributed by atoms with Crippen molar-refractivity contribution >= 4 is 34.6 Å². The minimum absolute atomic E-state index is 0.154. The van der Waals surface area contributed by atoms with Crippen molar-refractivity contribution in [2.75, 3.05) is 41.8 Å². The predicted octanol–water partition coefficient (Wildman–Crippen LogP) is 5.04. The fourth-order valence-electron chi connectivity index (χ4n) is 3.47. The van der Waals surface area contributed by atoms with Gasteiger partial charge in [0.2, 0.25) is 0 Å². The van der Waals surface area contributed by atoms with Crippen molar-refractivity contribution in [2.45, 2.75) is 6.54 Å². The molecule has 3 aromatic carbocycles. The summed E-state index contributed by atoms with van der Waals surface area (Å²) in [6.45, 7) is 3.57. The van der Waals surface area contributed by atoms with Gasteiger partial charge in [-0.25, -0.2) is 0 Å². The van der Waals surface area contributed by atoms with Crippen molar-refractivity contribution in [1.29, 1.82) is 0 Å². The summed E-state index contributed by atoms with van der Waals surface area (Å²) < 4.78 is 5.43. The molecular weight excluding hydrogens is 398 g/mol. The number of nitrogens with one attached hydrogen (secondary N) is 2. The van der Waals surface area contributed by atoms with Crippen LogP contribution >= 0.6 is 11.6 Å². The number of hydrogen-bond acceptors (Lipinski definition) is 4. The minimum Gasteiger partial charge on any atom is -0.380 e. The molecule has 6 heteroatoms. The Hall–Kier alpha value is -3.02. The first-order chi connectivity index (χ1) is 14.7. The van der Waals surface area contributed by atoms with Crippen LogP contribution in [0.3, 0.4) is 0 Å². The summed E-state index contributed by atoms with van der Waals surface area (Å²) in [4.78, 5) is 15.1. The largest absolute Gasteiger partial charge is 0.380 e. The van der Waals surface area contributed by atoms with Crippen LogP contribution in [0.5, 0.6) is 0 Å². The number of nitrogens with zero attached hydrogens (tertiary/aromatic N) is 1. The van der Waals surface area contributed by atoms with Gasteiger partial charge in [-0.2, -0.15) is 0 Å². The molecule has 0 spiro atoms. The molecule has 0 unspecified atom stereocenters. The van der Waals surface area contributed by atoms with Gasteiger partial charge in [0.05, 0.1) is 29.5 Å². The summed E-state index contributed by atoms with van der Waals surface area (Å²) in [6.07, 6.45) is 0. The number of ether oxygens (including phenoxy) is 1. The lowest BCUT2D eigenvalue weighted by Gasteiger charge is -2.30. The third-order valence-electron chi connectivity index (χ3n) is 5.05. The fraction of sp³-hybridized carbons (Fsp3) is 0.208. The lowest BCUT2D eigenvalue weighted by atomic mass is 10.1. The Morgan fingerprint density at radius 3 is 2.47 bits per heavy atom. The van der Waals surface area contributed by atoms with E-state index in [2.05, 4.69) is 27.7 Å². The van der Waals surface area contributed by atoms with Crippen molar-refractivity contribution in [3.05, 3.63) is 88.9 Å². The van der Waals surface area contributed by atoms with Crippen molar-refractivity contribution in [3.63, 3.8) is 0 Å². The maximum absolute atomic E-state index is 13.0. The highest BCUT2D eigenvalue weighted by molar-refractivity contribution is 6.33. The Bertz CT molecular complexity index is 1000. The van der Waals surface area contributed by atoms with Gasteiger partial charge < -0.3 is 20.3 Å². The number of anilines is 3. The zero-order valence-corrected chi connectivity index (χ0v) is 17.4. The number of amides is 1. The van der Waals surface area contributed by atoms with E-state index in [1.165, 1.54) is 5.56 Å². The number of rotatable bonds is 6. The fourth-order valence-corrected chi connectivity index (χ4v) is 3.72. The molecule has 4 rings (SSSR count). The van der Waals surface area contributed by atoms with E-state index in [0.29, 0.717) is 36.0 Å². The standard InChI is InChI=1S/C24H24ClN3O2/c25-21-16-19(10-11-22(21)26-17-18-6-2-1-3-7-18)27-24(29)20-8-4-5-9-23(20)28-12-14-30-15-13-28/h1-11,16,26H,12-15,17H2,(H,27,29). The second-order valence-corrected chi connectivity index (χ2v) is 7.51. The maximum atomic E-state index is 13.0. The molecule has 154 valence electrons. The Balaban J connectivity index is 1.44. The van der Waals surface area contributed by atoms with E-state index in [4.69, 9.17) is 16.3 Å². The van der Waals surface area contributed by atoms with Crippen LogP contribution < -0.4 is 15.5 Å². The van der Waals surface area contributed by atoms with Gasteiger partial charge >= 0.3 is 0 Å². The van der Waals surface area contributed by atoms with E-state index in [0.717, 1.165) is 24.5 Å². The van der Waals surface area contributed by atoms with Gasteiger partial charge in [0, 0.05) is 31.0 Å². The Morgan fingerprint density at radius 2 is 1.70 bits per heavy atom. The van der Waals surface area contributed by atoms with Crippen molar-refractivity contribution in [2.24, 2.45) is 0 Å². The molecule has 0 atom stereocenters. The van der Waals surface area contributed by atoms with Crippen molar-refractivity contribution in [1.82, 2.24) is 0 Å². The maximum Gasteiger partial charge on any atom is 0.257 e. The molecule has 1 heterocycles. The van der Waals surface area contributed by atoms with E-state index < -0.39 is 0 Å². The van der Waals surface area contributed by atoms with Gasteiger partial charge in [0.15, 0.2) is 0 Å². The first-order valence-corrected chi connectivity index (χ1v) is 10.4. The summed E-state index contributed by atoms with van der Waals surface area (Å²) in [6, 6.07) is 23.3. The lowest BCUT2D eigenvalue weighted by molar-refractivity contribution is 0.102. The Labute approximate surface area is 181 Å². The van der Waals surface area contributed by atoms with Crippen LogP contribution in [0.15, 0.2) is 72.8 Å². The van der Waals surface area contributed by atoms with Crippen LogP contribution in [0.4, 0.5) is 17.1 Å². The molecule has 1 fully saturated rings. The molecule has 0 saturated carbocycles. The van der Waals surface area contributed by atoms with E-state index >= 15 is 0 Å². The number of halogens is 1. The second-order valence-electron chi connectivity index (χ2n) is 7.10. The molecular formula is C24H24ClN3O2. The number of morpholine rings is 1. The van der Waals surface area contributed by atoms with Crippen LogP contribution in [0.25, 0.3) is 0 Å². The highest BCUT2D eigenvalue weighted by atomic mass is 35.5. The third-order valence-corrected chi connectivity index (χ3v) is 5.37. The van der Waals surface area contributed by atoms with Crippen molar-refractivity contribution < 1.29 is 9.53 Å². The van der Waals surface area contributed by atoms with E-state index in [1.807, 2.05) is 54.6 Å². The molecule has 30 heavy (non-hydrogen) atoms. The normalized spacial score (nSPS) is 13.7. The van der Waals surface area contributed by atoms with Gasteiger partial charge in [0.1, 0.15) is 0 Å². The van der Waals surface area contributed by atoms with Gasteiger partial charge in [0.25, 0.3) is 5.91 Å². The quantitative estimate of drug-likeness (QED) is 0.585. The topological polar surface area (TPSA) is 53.6 Å². The van der Waals surface area contributed by atoms with E-state index in [9.17, 15) is 4.79 Å². The predicted molar refractivity (Wildman–Crippen MR) is 123 cm³/mol. The van der Waals surface area contributed by atoms with E-state index in [-0.39, 0.29) is 5.91 Å². The molecule has 1 aliphatic rings. The van der Waals surface area contributed by atoms with Crippen LogP contribution in [-0.2, 0) is 11.3 Å². The smallest absolute Gasteiger partial charge is 0.257 e. The summed E-state index contributed by atoms with van der Waals surface area (Å²) >= 11 is 6.44. The molecule has 5 nitrogen and oxygen atoms in total. The summed E-state index contributed by atoms with van der Waals surface area (Å²) in [5.41, 5.74) is 4.22. The molecule has 1 aliphatic heterocycles. The van der Waals surface area contributed by atoms with Crippen LogP contribution in [0.2, 0.25) is 5.02 Å². The van der Waals surface area contributed by atoms with Gasteiger partial charge in [-0.1, -0.05) is 54.1 Å². The number of para-hydroxylation sites is 1. The number of benzene rings is 3. The number of carbonyl (C=O) groups is 1. The number of carbonyl (C=O) groups excluding carboxylic acids is 1. The summed E-state index contributed by atoms with van der Waals surface area (Å²) in [5.74, 6) is -0.154. The van der Waals surface area contributed by atoms with Crippen LogP contribution in [0, 0.1) is 0 Å². The molecule has 2 N–H and O–H groups in total. The SMILES string of the molecule is O=C(Nc1ccc(NCc2ccccc2)c(Cl)c1)c1ccccc1N1CCOCC1.